The lowest BCUT2D eigenvalue weighted by molar-refractivity contribution is -0.131. The number of anilines is 1. The Labute approximate surface area is 185 Å². The van der Waals surface area contributed by atoms with Gasteiger partial charge < -0.3 is 15.1 Å². The van der Waals surface area contributed by atoms with E-state index in [4.69, 9.17) is 12.2 Å². The number of carbonyl (C=O) groups is 2. The summed E-state index contributed by atoms with van der Waals surface area (Å²) in [6, 6.07) is 6.46. The van der Waals surface area contributed by atoms with E-state index in [1.165, 1.54) is 24.1 Å². The van der Waals surface area contributed by atoms with Crippen LogP contribution in [-0.4, -0.2) is 52.9 Å². The number of hydrogen-bond acceptors (Lipinski definition) is 5. The van der Waals surface area contributed by atoms with E-state index < -0.39 is 17.3 Å². The Morgan fingerprint density at radius 1 is 1.35 bits per heavy atom. The molecule has 1 spiro atoms. The average Bonchev–Trinajstić information content (AvgIpc) is 2.93. The highest BCUT2D eigenvalue weighted by Crippen LogP contribution is 2.48. The Kier molecular flexibility index (Phi) is 5.06. The Hall–Kier alpha value is -3.25. The van der Waals surface area contributed by atoms with Crippen LogP contribution in [0.15, 0.2) is 41.2 Å². The molecule has 31 heavy (non-hydrogen) atoms. The van der Waals surface area contributed by atoms with Gasteiger partial charge in [0.05, 0.1) is 12.1 Å². The second-order valence-electron chi connectivity index (χ2n) is 8.02. The summed E-state index contributed by atoms with van der Waals surface area (Å²) in [6.07, 6.45) is 3.91. The van der Waals surface area contributed by atoms with E-state index in [-0.39, 0.29) is 16.6 Å². The Balaban J connectivity index is 1.76. The zero-order chi connectivity index (χ0) is 22.5. The second kappa shape index (κ2) is 7.46. The van der Waals surface area contributed by atoms with Crippen molar-refractivity contribution in [2.75, 3.05) is 25.5 Å². The zero-order valence-corrected chi connectivity index (χ0v) is 18.3. The molecule has 1 N–H and O–H groups in total. The van der Waals surface area contributed by atoms with Gasteiger partial charge in [0.2, 0.25) is 0 Å². The van der Waals surface area contributed by atoms with Gasteiger partial charge >= 0.3 is 0 Å². The molecule has 1 saturated heterocycles. The van der Waals surface area contributed by atoms with Crippen molar-refractivity contribution in [1.29, 1.82) is 5.26 Å². The minimum Gasteiger partial charge on any atom is -0.360 e. The first-order valence-electron chi connectivity index (χ1n) is 9.98. The third kappa shape index (κ3) is 3.01. The minimum absolute atomic E-state index is 0.0661. The summed E-state index contributed by atoms with van der Waals surface area (Å²) in [5.41, 5.74) is 1.52. The SMILES string of the molecule is CNC(=O)c1ccc(N2C(=S)N(C3=CC(C)=C(C#N)N(C)C3)C(=O)C23CCC3)cc1F. The summed E-state index contributed by atoms with van der Waals surface area (Å²) in [6.45, 7) is 2.18. The molecule has 1 aromatic carbocycles. The van der Waals surface area contributed by atoms with Crippen molar-refractivity contribution in [2.45, 2.75) is 31.7 Å². The topological polar surface area (TPSA) is 79.7 Å². The van der Waals surface area contributed by atoms with Gasteiger partial charge in [-0.25, -0.2) is 4.39 Å². The molecule has 0 unspecified atom stereocenters. The largest absolute Gasteiger partial charge is 0.360 e. The predicted octanol–water partition coefficient (Wildman–Crippen LogP) is 2.67. The number of allylic oxidation sites excluding steroid dienone is 3. The van der Waals surface area contributed by atoms with Crippen LogP contribution in [0.2, 0.25) is 0 Å². The normalized spacial score (nSPS) is 20.1. The van der Waals surface area contributed by atoms with E-state index >= 15 is 0 Å². The smallest absolute Gasteiger partial charge is 0.259 e. The van der Waals surface area contributed by atoms with Crippen molar-refractivity contribution in [1.82, 2.24) is 15.1 Å². The first-order valence-corrected chi connectivity index (χ1v) is 10.4. The van der Waals surface area contributed by atoms with Gasteiger partial charge in [0, 0.05) is 25.5 Å². The molecular formula is C22H22FN5O2S. The highest BCUT2D eigenvalue weighted by Gasteiger charge is 2.60. The first-order chi connectivity index (χ1) is 14.7. The van der Waals surface area contributed by atoms with Crippen LogP contribution < -0.4 is 10.2 Å². The molecule has 0 atom stereocenters. The van der Waals surface area contributed by atoms with Crippen LogP contribution in [0, 0.1) is 17.1 Å². The number of thiocarbonyl (C=S) groups is 1. The van der Waals surface area contributed by atoms with Gasteiger partial charge in [0.15, 0.2) is 5.11 Å². The Morgan fingerprint density at radius 2 is 2.06 bits per heavy atom. The minimum atomic E-state index is -0.843. The summed E-state index contributed by atoms with van der Waals surface area (Å²) in [7, 11) is 3.23. The van der Waals surface area contributed by atoms with E-state index in [1.807, 2.05) is 13.0 Å². The van der Waals surface area contributed by atoms with Crippen LogP contribution in [0.5, 0.6) is 0 Å². The Bertz CT molecular complexity index is 1120. The van der Waals surface area contributed by atoms with Crippen molar-refractivity contribution >= 4 is 34.8 Å². The summed E-state index contributed by atoms with van der Waals surface area (Å²) in [5, 5.41) is 12.1. The van der Waals surface area contributed by atoms with Crippen molar-refractivity contribution < 1.29 is 14.0 Å². The molecule has 9 heteroatoms. The maximum absolute atomic E-state index is 14.7. The monoisotopic (exact) mass is 439 g/mol. The highest BCUT2D eigenvalue weighted by atomic mass is 32.1. The number of amides is 2. The van der Waals surface area contributed by atoms with Gasteiger partial charge in [-0.2, -0.15) is 5.26 Å². The predicted molar refractivity (Wildman–Crippen MR) is 117 cm³/mol. The average molecular weight is 440 g/mol. The summed E-state index contributed by atoms with van der Waals surface area (Å²) < 4.78 is 14.7. The van der Waals surface area contributed by atoms with Gasteiger partial charge in [-0.15, -0.1) is 0 Å². The maximum Gasteiger partial charge on any atom is 0.259 e. The summed E-state index contributed by atoms with van der Waals surface area (Å²) in [4.78, 5) is 30.5. The van der Waals surface area contributed by atoms with Crippen LogP contribution in [0.1, 0.15) is 36.5 Å². The van der Waals surface area contributed by atoms with Crippen LogP contribution in [0.25, 0.3) is 0 Å². The molecule has 2 amide bonds. The molecule has 160 valence electrons. The van der Waals surface area contributed by atoms with Crippen LogP contribution in [0.4, 0.5) is 10.1 Å². The molecule has 3 aliphatic rings. The number of likely N-dealkylation sites (N-methyl/N-ethyl adjacent to an activating group) is 1. The quantitative estimate of drug-likeness (QED) is 0.730. The third-order valence-corrected chi connectivity index (χ3v) is 6.57. The zero-order valence-electron chi connectivity index (χ0n) is 17.5. The van der Waals surface area contributed by atoms with Crippen LogP contribution in [0.3, 0.4) is 0 Å². The van der Waals surface area contributed by atoms with Crippen LogP contribution in [-0.2, 0) is 4.79 Å². The molecule has 0 aromatic heterocycles. The van der Waals surface area contributed by atoms with Crippen molar-refractivity contribution in [3.8, 4) is 6.07 Å². The molecule has 2 fully saturated rings. The number of nitrogens with one attached hydrogen (secondary N) is 1. The van der Waals surface area contributed by atoms with Gasteiger partial charge in [-0.05, 0) is 68.3 Å². The van der Waals surface area contributed by atoms with E-state index in [0.29, 0.717) is 36.5 Å². The van der Waals surface area contributed by atoms with Gasteiger partial charge in [0.1, 0.15) is 23.1 Å². The number of carbonyl (C=O) groups excluding carboxylic acids is 2. The number of nitriles is 1. The number of halogens is 1. The van der Waals surface area contributed by atoms with E-state index in [0.717, 1.165) is 12.0 Å². The van der Waals surface area contributed by atoms with E-state index in [9.17, 15) is 19.2 Å². The maximum atomic E-state index is 14.7. The second-order valence-corrected chi connectivity index (χ2v) is 8.39. The molecule has 1 aromatic rings. The molecule has 4 rings (SSSR count). The van der Waals surface area contributed by atoms with Gasteiger partial charge in [0.25, 0.3) is 11.8 Å². The fourth-order valence-electron chi connectivity index (χ4n) is 4.49. The van der Waals surface area contributed by atoms with Gasteiger partial charge in [-0.3, -0.25) is 14.5 Å². The number of benzene rings is 1. The number of rotatable bonds is 3. The Morgan fingerprint density at radius 3 is 2.58 bits per heavy atom. The highest BCUT2D eigenvalue weighted by molar-refractivity contribution is 7.80. The fourth-order valence-corrected chi connectivity index (χ4v) is 4.97. The molecule has 2 aliphatic heterocycles. The molecule has 2 heterocycles. The number of nitrogens with zero attached hydrogens (tertiary/aromatic N) is 4. The van der Waals surface area contributed by atoms with E-state index in [1.54, 1.807) is 22.9 Å². The molecule has 1 saturated carbocycles. The lowest BCUT2D eigenvalue weighted by Crippen LogP contribution is -2.55. The lowest BCUT2D eigenvalue weighted by atomic mass is 9.75. The van der Waals surface area contributed by atoms with E-state index in [2.05, 4.69) is 11.4 Å². The van der Waals surface area contributed by atoms with Crippen molar-refractivity contribution in [3.63, 3.8) is 0 Å². The summed E-state index contributed by atoms with van der Waals surface area (Å²) in [5.74, 6) is -1.32. The molecule has 0 bridgehead atoms. The van der Waals surface area contributed by atoms with Gasteiger partial charge in [-0.1, -0.05) is 0 Å². The molecule has 0 radical (unpaired) electrons. The standard InChI is InChI=1S/C22H22FN5O2S/c1-13-9-15(12-26(3)18(13)11-24)27-20(30)22(7-4-8-22)28(21(27)31)14-5-6-16(17(23)10-14)19(29)25-2/h5-6,9-10H,4,7-8,12H2,1-3H3,(H,25,29). The van der Waals surface area contributed by atoms with Crippen molar-refractivity contribution in [2.24, 2.45) is 0 Å². The molecular weight excluding hydrogens is 417 g/mol. The van der Waals surface area contributed by atoms with Crippen molar-refractivity contribution in [3.05, 3.63) is 52.6 Å². The van der Waals surface area contributed by atoms with Crippen LogP contribution >= 0.6 is 12.2 Å². The first kappa shape index (κ1) is 21.0. The third-order valence-electron chi connectivity index (χ3n) is 6.21. The number of hydrogen-bond donors (Lipinski definition) is 1. The lowest BCUT2D eigenvalue weighted by Gasteiger charge is -2.43. The summed E-state index contributed by atoms with van der Waals surface area (Å²) >= 11 is 5.73. The fraction of sp³-hybridized carbons (Fsp3) is 0.364. The molecule has 1 aliphatic carbocycles. The molecule has 7 nitrogen and oxygen atoms in total.